The van der Waals surface area contributed by atoms with Gasteiger partial charge in [0.05, 0.1) is 0 Å². The van der Waals surface area contributed by atoms with E-state index in [4.69, 9.17) is 11.6 Å². The van der Waals surface area contributed by atoms with Crippen LogP contribution in [0, 0.1) is 0 Å². The van der Waals surface area contributed by atoms with E-state index < -0.39 is 6.04 Å². The fourth-order valence-electron chi connectivity index (χ4n) is 1.26. The highest BCUT2D eigenvalue weighted by Crippen LogP contribution is 2.11. The van der Waals surface area contributed by atoms with E-state index in [1.165, 1.54) is 12.4 Å². The van der Waals surface area contributed by atoms with Gasteiger partial charge in [0, 0.05) is 18.5 Å². The minimum atomic E-state index is -0.418. The molecule has 0 bridgehead atoms. The number of anilines is 1. The number of nitrogens with zero attached hydrogens (tertiary/aromatic N) is 4. The standard InChI is InChI=1S/C10H10ClN5O/c1-7(16-4-2-3-14-16)10(17)15-9-5-8(11)12-6-13-9/h2-7H,1H3,(H,12,13,15,17). The lowest BCUT2D eigenvalue weighted by Crippen LogP contribution is -2.24. The van der Waals surface area contributed by atoms with Gasteiger partial charge in [-0.15, -0.1) is 0 Å². The molecule has 1 N–H and O–H groups in total. The largest absolute Gasteiger partial charge is 0.309 e. The van der Waals surface area contributed by atoms with Crippen LogP contribution in [-0.2, 0) is 4.79 Å². The fraction of sp³-hybridized carbons (Fsp3) is 0.200. The number of nitrogens with one attached hydrogen (secondary N) is 1. The van der Waals surface area contributed by atoms with Crippen LogP contribution in [0.1, 0.15) is 13.0 Å². The first-order chi connectivity index (χ1) is 8.16. The van der Waals surface area contributed by atoms with Gasteiger partial charge in [0.25, 0.3) is 0 Å². The number of halogens is 1. The van der Waals surface area contributed by atoms with Gasteiger partial charge in [-0.3, -0.25) is 9.48 Å². The van der Waals surface area contributed by atoms with Crippen molar-refractivity contribution < 1.29 is 4.79 Å². The Morgan fingerprint density at radius 3 is 3.00 bits per heavy atom. The summed E-state index contributed by atoms with van der Waals surface area (Å²) in [5.74, 6) is 0.150. The van der Waals surface area contributed by atoms with E-state index in [0.29, 0.717) is 5.82 Å². The third-order valence-corrected chi connectivity index (χ3v) is 2.39. The molecule has 1 unspecified atom stereocenters. The molecule has 88 valence electrons. The van der Waals surface area contributed by atoms with Crippen molar-refractivity contribution in [3.05, 3.63) is 36.0 Å². The van der Waals surface area contributed by atoms with Crippen LogP contribution in [0.4, 0.5) is 5.82 Å². The molecule has 2 rings (SSSR count). The van der Waals surface area contributed by atoms with Crippen molar-refractivity contribution in [2.24, 2.45) is 0 Å². The summed E-state index contributed by atoms with van der Waals surface area (Å²) in [5.41, 5.74) is 0. The summed E-state index contributed by atoms with van der Waals surface area (Å²) >= 11 is 5.69. The average molecular weight is 252 g/mol. The Labute approximate surface area is 103 Å². The molecule has 0 aliphatic carbocycles. The van der Waals surface area contributed by atoms with Crippen molar-refractivity contribution in [3.63, 3.8) is 0 Å². The van der Waals surface area contributed by atoms with Crippen molar-refractivity contribution >= 4 is 23.3 Å². The SMILES string of the molecule is CC(C(=O)Nc1cc(Cl)ncn1)n1cccn1. The quantitative estimate of drug-likeness (QED) is 0.840. The molecule has 2 heterocycles. The van der Waals surface area contributed by atoms with E-state index in [9.17, 15) is 4.79 Å². The lowest BCUT2D eigenvalue weighted by Gasteiger charge is -2.11. The van der Waals surface area contributed by atoms with Gasteiger partial charge in [-0.1, -0.05) is 11.6 Å². The monoisotopic (exact) mass is 251 g/mol. The van der Waals surface area contributed by atoms with Gasteiger partial charge < -0.3 is 5.32 Å². The summed E-state index contributed by atoms with van der Waals surface area (Å²) in [6.07, 6.45) is 4.62. The topological polar surface area (TPSA) is 72.7 Å². The molecule has 2 aromatic rings. The molecule has 6 nitrogen and oxygen atoms in total. The number of rotatable bonds is 3. The Kier molecular flexibility index (Phi) is 3.34. The smallest absolute Gasteiger partial charge is 0.250 e. The Hall–Kier alpha value is -1.95. The first kappa shape index (κ1) is 11.5. The van der Waals surface area contributed by atoms with E-state index >= 15 is 0 Å². The number of amides is 1. The Balaban J connectivity index is 2.07. The summed E-state index contributed by atoms with van der Waals surface area (Å²) in [6.45, 7) is 1.74. The minimum absolute atomic E-state index is 0.219. The molecular weight excluding hydrogens is 242 g/mol. The zero-order valence-corrected chi connectivity index (χ0v) is 9.80. The lowest BCUT2D eigenvalue weighted by atomic mass is 10.3. The lowest BCUT2D eigenvalue weighted by molar-refractivity contribution is -0.119. The molecular formula is C10H10ClN5O. The number of carbonyl (C=O) groups excluding carboxylic acids is 1. The van der Waals surface area contributed by atoms with Crippen molar-refractivity contribution in [1.82, 2.24) is 19.7 Å². The van der Waals surface area contributed by atoms with Gasteiger partial charge in [0.2, 0.25) is 5.91 Å². The van der Waals surface area contributed by atoms with E-state index in [1.54, 1.807) is 30.1 Å². The van der Waals surface area contributed by atoms with Crippen molar-refractivity contribution in [2.45, 2.75) is 13.0 Å². The fourth-order valence-corrected chi connectivity index (χ4v) is 1.41. The molecule has 0 saturated heterocycles. The van der Waals surface area contributed by atoms with Gasteiger partial charge in [0.1, 0.15) is 23.3 Å². The maximum Gasteiger partial charge on any atom is 0.250 e. The zero-order chi connectivity index (χ0) is 12.3. The predicted octanol–water partition coefficient (Wildman–Crippen LogP) is 1.53. The van der Waals surface area contributed by atoms with Gasteiger partial charge in [0.15, 0.2) is 0 Å². The van der Waals surface area contributed by atoms with Crippen LogP contribution in [-0.4, -0.2) is 25.7 Å². The predicted molar refractivity (Wildman–Crippen MR) is 62.6 cm³/mol. The zero-order valence-electron chi connectivity index (χ0n) is 9.04. The van der Waals surface area contributed by atoms with E-state index in [0.717, 1.165) is 0 Å². The van der Waals surface area contributed by atoms with Crippen LogP contribution in [0.15, 0.2) is 30.9 Å². The molecule has 7 heteroatoms. The summed E-state index contributed by atoms with van der Waals surface area (Å²) in [4.78, 5) is 19.5. The molecule has 17 heavy (non-hydrogen) atoms. The third kappa shape index (κ3) is 2.79. The highest BCUT2D eigenvalue weighted by Gasteiger charge is 2.15. The molecule has 0 aliphatic heterocycles. The number of aromatic nitrogens is 4. The highest BCUT2D eigenvalue weighted by molar-refractivity contribution is 6.29. The third-order valence-electron chi connectivity index (χ3n) is 2.19. The van der Waals surface area contributed by atoms with Crippen LogP contribution < -0.4 is 5.32 Å². The Morgan fingerprint density at radius 2 is 2.35 bits per heavy atom. The van der Waals surface area contributed by atoms with Crippen molar-refractivity contribution in [3.8, 4) is 0 Å². The second-order valence-electron chi connectivity index (χ2n) is 3.38. The van der Waals surface area contributed by atoms with Gasteiger partial charge in [-0.2, -0.15) is 5.10 Å². The van der Waals surface area contributed by atoms with E-state index in [-0.39, 0.29) is 11.1 Å². The molecule has 1 amide bonds. The van der Waals surface area contributed by atoms with Gasteiger partial charge in [-0.05, 0) is 13.0 Å². The molecule has 0 aliphatic rings. The highest BCUT2D eigenvalue weighted by atomic mass is 35.5. The minimum Gasteiger partial charge on any atom is -0.309 e. The molecule has 2 aromatic heterocycles. The van der Waals surface area contributed by atoms with Crippen LogP contribution in [0.25, 0.3) is 0 Å². The summed E-state index contributed by atoms with van der Waals surface area (Å²) in [5, 5.41) is 6.91. The first-order valence-electron chi connectivity index (χ1n) is 4.94. The summed E-state index contributed by atoms with van der Waals surface area (Å²) in [6, 6.07) is 2.82. The Bertz CT molecular complexity index is 513. The molecule has 0 spiro atoms. The normalized spacial score (nSPS) is 12.1. The number of hydrogen-bond acceptors (Lipinski definition) is 4. The molecule has 0 aromatic carbocycles. The van der Waals surface area contributed by atoms with Crippen LogP contribution in [0.3, 0.4) is 0 Å². The van der Waals surface area contributed by atoms with Crippen LogP contribution in [0.2, 0.25) is 5.15 Å². The maximum atomic E-state index is 11.8. The molecule has 0 saturated carbocycles. The Morgan fingerprint density at radius 1 is 1.53 bits per heavy atom. The second kappa shape index (κ2) is 4.92. The maximum absolute atomic E-state index is 11.8. The van der Waals surface area contributed by atoms with Crippen LogP contribution >= 0.6 is 11.6 Å². The van der Waals surface area contributed by atoms with E-state index in [2.05, 4.69) is 20.4 Å². The number of carbonyl (C=O) groups is 1. The number of hydrogen-bond donors (Lipinski definition) is 1. The first-order valence-corrected chi connectivity index (χ1v) is 5.32. The molecule has 1 atom stereocenters. The summed E-state index contributed by atoms with van der Waals surface area (Å²) < 4.78 is 1.55. The summed E-state index contributed by atoms with van der Waals surface area (Å²) in [7, 11) is 0. The van der Waals surface area contributed by atoms with E-state index in [1.807, 2.05) is 0 Å². The van der Waals surface area contributed by atoms with Crippen molar-refractivity contribution in [1.29, 1.82) is 0 Å². The molecule has 0 fully saturated rings. The van der Waals surface area contributed by atoms with Gasteiger partial charge >= 0.3 is 0 Å². The average Bonchev–Trinajstić information content (AvgIpc) is 2.81. The van der Waals surface area contributed by atoms with Crippen molar-refractivity contribution in [2.75, 3.05) is 5.32 Å². The van der Waals surface area contributed by atoms with Crippen LogP contribution in [0.5, 0.6) is 0 Å². The second-order valence-corrected chi connectivity index (χ2v) is 3.76. The van der Waals surface area contributed by atoms with Gasteiger partial charge in [-0.25, -0.2) is 9.97 Å². The molecule has 0 radical (unpaired) electrons.